The molecule has 0 unspecified atom stereocenters. The van der Waals surface area contributed by atoms with Gasteiger partial charge in [-0.25, -0.2) is 18.6 Å². The molecule has 1 aromatic carbocycles. The van der Waals surface area contributed by atoms with Gasteiger partial charge in [-0.1, -0.05) is 0 Å². The summed E-state index contributed by atoms with van der Waals surface area (Å²) in [5.74, 6) is -3.29. The zero-order chi connectivity index (χ0) is 14.7. The van der Waals surface area contributed by atoms with Crippen LogP contribution >= 0.6 is 0 Å². The molecule has 1 heterocycles. The van der Waals surface area contributed by atoms with Gasteiger partial charge in [0.05, 0.1) is 12.1 Å². The maximum atomic E-state index is 13.6. The van der Waals surface area contributed by atoms with Crippen LogP contribution in [0.15, 0.2) is 24.5 Å². The van der Waals surface area contributed by atoms with Crippen LogP contribution in [0, 0.1) is 18.6 Å². The Balaban J connectivity index is 2.06. The SMILES string of the molecule is Cc1nccn1CCOc1c(F)cc(C(=O)O)cc1F. The van der Waals surface area contributed by atoms with E-state index >= 15 is 0 Å². The molecule has 20 heavy (non-hydrogen) atoms. The van der Waals surface area contributed by atoms with Crippen molar-refractivity contribution in [3.8, 4) is 5.75 Å². The number of hydrogen-bond donors (Lipinski definition) is 1. The van der Waals surface area contributed by atoms with Crippen LogP contribution in [-0.4, -0.2) is 27.2 Å². The van der Waals surface area contributed by atoms with Crippen molar-refractivity contribution in [2.24, 2.45) is 0 Å². The van der Waals surface area contributed by atoms with Crippen LogP contribution in [-0.2, 0) is 6.54 Å². The fourth-order valence-corrected chi connectivity index (χ4v) is 1.71. The van der Waals surface area contributed by atoms with Crippen molar-refractivity contribution in [2.45, 2.75) is 13.5 Å². The number of halogens is 2. The maximum absolute atomic E-state index is 13.6. The quantitative estimate of drug-likeness (QED) is 0.913. The summed E-state index contributed by atoms with van der Waals surface area (Å²) in [7, 11) is 0. The minimum Gasteiger partial charge on any atom is -0.486 e. The van der Waals surface area contributed by atoms with Gasteiger partial charge in [0, 0.05) is 12.4 Å². The van der Waals surface area contributed by atoms with Gasteiger partial charge in [-0.05, 0) is 19.1 Å². The second-order valence-corrected chi connectivity index (χ2v) is 4.09. The summed E-state index contributed by atoms with van der Waals surface area (Å²) in [4.78, 5) is 14.6. The predicted molar refractivity (Wildman–Crippen MR) is 65.8 cm³/mol. The molecule has 2 aromatic rings. The monoisotopic (exact) mass is 282 g/mol. The van der Waals surface area contributed by atoms with E-state index in [1.807, 2.05) is 0 Å². The molecule has 1 N–H and O–H groups in total. The molecule has 0 aliphatic carbocycles. The number of aromatic nitrogens is 2. The fourth-order valence-electron chi connectivity index (χ4n) is 1.71. The van der Waals surface area contributed by atoms with E-state index in [1.54, 1.807) is 23.9 Å². The third-order valence-electron chi connectivity index (χ3n) is 2.75. The van der Waals surface area contributed by atoms with Crippen LogP contribution < -0.4 is 4.74 Å². The zero-order valence-corrected chi connectivity index (χ0v) is 10.6. The molecule has 106 valence electrons. The number of rotatable bonds is 5. The lowest BCUT2D eigenvalue weighted by atomic mass is 10.2. The van der Waals surface area contributed by atoms with Crippen LogP contribution in [0.4, 0.5) is 8.78 Å². The number of carboxylic acids is 1. The van der Waals surface area contributed by atoms with E-state index in [1.165, 1.54) is 0 Å². The third kappa shape index (κ3) is 2.93. The smallest absolute Gasteiger partial charge is 0.335 e. The highest BCUT2D eigenvalue weighted by Gasteiger charge is 2.15. The van der Waals surface area contributed by atoms with E-state index in [-0.39, 0.29) is 6.61 Å². The normalized spacial score (nSPS) is 10.6. The molecule has 0 spiro atoms. The van der Waals surface area contributed by atoms with E-state index in [0.29, 0.717) is 6.54 Å². The van der Waals surface area contributed by atoms with Gasteiger partial charge in [0.15, 0.2) is 17.4 Å². The number of carbonyl (C=O) groups is 1. The first kappa shape index (κ1) is 14.0. The van der Waals surface area contributed by atoms with Crippen LogP contribution in [0.2, 0.25) is 0 Å². The number of benzene rings is 1. The van der Waals surface area contributed by atoms with Crippen molar-refractivity contribution in [2.75, 3.05) is 6.61 Å². The van der Waals surface area contributed by atoms with E-state index in [2.05, 4.69) is 4.98 Å². The summed E-state index contributed by atoms with van der Waals surface area (Å²) in [6.07, 6.45) is 3.33. The summed E-state index contributed by atoms with van der Waals surface area (Å²) in [6.45, 7) is 2.21. The summed E-state index contributed by atoms with van der Waals surface area (Å²) >= 11 is 0. The molecule has 7 heteroatoms. The van der Waals surface area contributed by atoms with Crippen molar-refractivity contribution in [3.05, 3.63) is 47.5 Å². The number of nitrogens with zero attached hydrogens (tertiary/aromatic N) is 2. The van der Waals surface area contributed by atoms with Gasteiger partial charge in [-0.15, -0.1) is 0 Å². The standard InChI is InChI=1S/C13H12F2N2O3/c1-8-16-2-3-17(8)4-5-20-12-10(14)6-9(13(18)19)7-11(12)15/h2-3,6-7H,4-5H2,1H3,(H,18,19). The molecular formula is C13H12F2N2O3. The topological polar surface area (TPSA) is 64.4 Å². The molecule has 0 bridgehead atoms. The van der Waals surface area contributed by atoms with E-state index < -0.39 is 28.9 Å². The highest BCUT2D eigenvalue weighted by molar-refractivity contribution is 5.87. The number of hydrogen-bond acceptors (Lipinski definition) is 3. The Morgan fingerprint density at radius 3 is 2.55 bits per heavy atom. The summed E-state index contributed by atoms with van der Waals surface area (Å²) in [5, 5.41) is 8.67. The van der Waals surface area contributed by atoms with Gasteiger partial charge in [0.2, 0.25) is 0 Å². The Labute approximate surface area is 113 Å². The van der Waals surface area contributed by atoms with Crippen LogP contribution in [0.1, 0.15) is 16.2 Å². The maximum Gasteiger partial charge on any atom is 0.335 e. The Bertz CT molecular complexity index is 617. The second-order valence-electron chi connectivity index (χ2n) is 4.09. The molecule has 0 aliphatic rings. The first-order valence-corrected chi connectivity index (χ1v) is 5.82. The van der Waals surface area contributed by atoms with Crippen molar-refractivity contribution < 1.29 is 23.4 Å². The van der Waals surface area contributed by atoms with Gasteiger partial charge in [0.1, 0.15) is 12.4 Å². The van der Waals surface area contributed by atoms with Gasteiger partial charge in [-0.2, -0.15) is 0 Å². The van der Waals surface area contributed by atoms with Crippen LogP contribution in [0.5, 0.6) is 5.75 Å². The van der Waals surface area contributed by atoms with E-state index in [4.69, 9.17) is 9.84 Å². The fraction of sp³-hybridized carbons (Fsp3) is 0.231. The van der Waals surface area contributed by atoms with Crippen LogP contribution in [0.25, 0.3) is 0 Å². The Kier molecular flexibility index (Phi) is 3.97. The van der Waals surface area contributed by atoms with E-state index in [0.717, 1.165) is 18.0 Å². The number of aryl methyl sites for hydroxylation is 1. The lowest BCUT2D eigenvalue weighted by Gasteiger charge is -2.10. The number of aromatic carboxylic acids is 1. The molecule has 0 saturated carbocycles. The summed E-state index contributed by atoms with van der Waals surface area (Å²) in [6, 6.07) is 1.45. The van der Waals surface area contributed by atoms with Crippen molar-refractivity contribution in [1.82, 2.24) is 9.55 Å². The summed E-state index contributed by atoms with van der Waals surface area (Å²) < 4.78 is 33.9. The number of carboxylic acid groups (broad SMARTS) is 1. The minimum atomic E-state index is -1.40. The molecule has 0 radical (unpaired) electrons. The molecule has 5 nitrogen and oxygen atoms in total. The molecule has 0 atom stereocenters. The van der Waals surface area contributed by atoms with Gasteiger partial charge >= 0.3 is 5.97 Å². The number of ether oxygens (including phenoxy) is 1. The molecule has 2 rings (SSSR count). The Hall–Kier alpha value is -2.44. The van der Waals surface area contributed by atoms with Gasteiger partial charge in [-0.3, -0.25) is 0 Å². The van der Waals surface area contributed by atoms with Crippen molar-refractivity contribution in [3.63, 3.8) is 0 Å². The summed E-state index contributed by atoms with van der Waals surface area (Å²) in [5.41, 5.74) is -0.460. The third-order valence-corrected chi connectivity index (χ3v) is 2.75. The van der Waals surface area contributed by atoms with Crippen molar-refractivity contribution >= 4 is 5.97 Å². The lowest BCUT2D eigenvalue weighted by molar-refractivity contribution is 0.0695. The second kappa shape index (κ2) is 5.68. The minimum absolute atomic E-state index is 0.0391. The van der Waals surface area contributed by atoms with Crippen LogP contribution in [0.3, 0.4) is 0 Å². The molecule has 0 amide bonds. The van der Waals surface area contributed by atoms with E-state index in [9.17, 15) is 13.6 Å². The largest absolute Gasteiger partial charge is 0.486 e. The highest BCUT2D eigenvalue weighted by atomic mass is 19.1. The first-order valence-electron chi connectivity index (χ1n) is 5.82. The molecular weight excluding hydrogens is 270 g/mol. The Morgan fingerprint density at radius 1 is 1.40 bits per heavy atom. The molecule has 0 fully saturated rings. The zero-order valence-electron chi connectivity index (χ0n) is 10.6. The average molecular weight is 282 g/mol. The number of imidazole rings is 1. The van der Waals surface area contributed by atoms with Crippen molar-refractivity contribution in [1.29, 1.82) is 0 Å². The average Bonchev–Trinajstić information content (AvgIpc) is 2.78. The molecule has 1 aromatic heterocycles. The predicted octanol–water partition coefficient (Wildman–Crippen LogP) is 2.25. The molecule has 0 aliphatic heterocycles. The highest BCUT2D eigenvalue weighted by Crippen LogP contribution is 2.23. The molecule has 0 saturated heterocycles. The van der Waals surface area contributed by atoms with Gasteiger partial charge < -0.3 is 14.4 Å². The van der Waals surface area contributed by atoms with Gasteiger partial charge in [0.25, 0.3) is 0 Å². The lowest BCUT2D eigenvalue weighted by Crippen LogP contribution is -2.11. The Morgan fingerprint density at radius 2 is 2.05 bits per heavy atom. The first-order chi connectivity index (χ1) is 9.49.